The van der Waals surface area contributed by atoms with Crippen LogP contribution in [0.15, 0.2) is 71.8 Å². The molecular weight excluding hydrogens is 436 g/mol. The highest BCUT2D eigenvalue weighted by Crippen LogP contribution is 2.27. The van der Waals surface area contributed by atoms with Gasteiger partial charge < -0.3 is 4.57 Å². The molecule has 4 aromatic rings. The highest BCUT2D eigenvalue weighted by atomic mass is 35.5. The summed E-state index contributed by atoms with van der Waals surface area (Å²) in [4.78, 5) is 12.4. The number of rotatable bonds is 5. The number of hydrogen-bond donors (Lipinski definition) is 1. The molecule has 31 heavy (non-hydrogen) atoms. The Morgan fingerprint density at radius 3 is 2.61 bits per heavy atom. The number of halogens is 1. The Morgan fingerprint density at radius 1 is 1.13 bits per heavy atom. The molecule has 1 N–H and O–H groups in total. The molecule has 2 aromatic carbocycles. The molecule has 4 rings (SSSR count). The average Bonchev–Trinajstić information content (AvgIpc) is 3.25. The van der Waals surface area contributed by atoms with Crippen LogP contribution >= 0.6 is 11.6 Å². The molecule has 2 heterocycles. The first-order valence-electron chi connectivity index (χ1n) is 9.37. The van der Waals surface area contributed by atoms with Gasteiger partial charge in [0.15, 0.2) is 0 Å². The molecule has 0 aliphatic carbocycles. The summed E-state index contributed by atoms with van der Waals surface area (Å²) >= 11 is 6.09. The number of carbonyl (C=O) groups is 1. The average molecular weight is 455 g/mol. The number of benzene rings is 2. The van der Waals surface area contributed by atoms with Gasteiger partial charge in [0.25, 0.3) is 15.9 Å². The van der Waals surface area contributed by atoms with Crippen molar-refractivity contribution >= 4 is 44.5 Å². The van der Waals surface area contributed by atoms with Gasteiger partial charge in [0.2, 0.25) is 0 Å². The second-order valence-corrected chi connectivity index (χ2v) is 9.07. The number of hydrogen-bond acceptors (Lipinski definition) is 4. The lowest BCUT2D eigenvalue weighted by molar-refractivity contribution is -0.114. The van der Waals surface area contributed by atoms with Gasteiger partial charge in [0.05, 0.1) is 16.1 Å². The number of amides is 1. The van der Waals surface area contributed by atoms with E-state index in [9.17, 15) is 13.2 Å². The maximum absolute atomic E-state index is 12.4. The number of nitrogens with one attached hydrogen (secondary N) is 1. The molecule has 0 aliphatic heterocycles. The minimum Gasteiger partial charge on any atom is -0.301 e. The minimum atomic E-state index is -3.94. The molecule has 0 fully saturated rings. The summed E-state index contributed by atoms with van der Waals surface area (Å²) in [5.74, 6) is -0.00742. The fourth-order valence-corrected chi connectivity index (χ4v) is 4.57. The number of nitrogens with zero attached hydrogens (tertiary/aromatic N) is 3. The number of carbonyl (C=O) groups excluding carboxylic acids is 1. The molecule has 2 aromatic heterocycles. The summed E-state index contributed by atoms with van der Waals surface area (Å²) < 4.78 is 30.4. The Morgan fingerprint density at radius 2 is 1.87 bits per heavy atom. The third-order valence-electron chi connectivity index (χ3n) is 4.81. The molecule has 1 amide bonds. The van der Waals surface area contributed by atoms with Crippen LogP contribution in [0, 0.1) is 6.92 Å². The first-order valence-corrected chi connectivity index (χ1v) is 11.2. The van der Waals surface area contributed by atoms with Crippen LogP contribution in [0.3, 0.4) is 0 Å². The number of aromatic nitrogens is 3. The van der Waals surface area contributed by atoms with Crippen LogP contribution in [0.2, 0.25) is 5.02 Å². The summed E-state index contributed by atoms with van der Waals surface area (Å²) in [6, 6.07) is 15.3. The Labute approximate surface area is 184 Å². The normalized spacial score (nSPS) is 12.0. The molecule has 0 saturated heterocycles. The van der Waals surface area contributed by atoms with E-state index >= 15 is 0 Å². The van der Waals surface area contributed by atoms with E-state index in [1.807, 2.05) is 35.9 Å². The quantitative estimate of drug-likeness (QED) is 0.464. The fourth-order valence-electron chi connectivity index (χ4n) is 3.43. The lowest BCUT2D eigenvalue weighted by Crippen LogP contribution is -2.28. The van der Waals surface area contributed by atoms with Crippen molar-refractivity contribution in [2.45, 2.75) is 11.8 Å². The van der Waals surface area contributed by atoms with Crippen LogP contribution in [0.5, 0.6) is 0 Å². The smallest absolute Gasteiger partial charge is 0.264 e. The first kappa shape index (κ1) is 20.9. The van der Waals surface area contributed by atoms with E-state index in [-0.39, 0.29) is 4.90 Å². The van der Waals surface area contributed by atoms with E-state index < -0.39 is 15.9 Å². The van der Waals surface area contributed by atoms with Gasteiger partial charge in [0.1, 0.15) is 5.82 Å². The zero-order chi connectivity index (χ0) is 22.2. The number of fused-ring (bicyclic) bond motifs is 1. The van der Waals surface area contributed by atoms with E-state index in [1.54, 1.807) is 42.1 Å². The van der Waals surface area contributed by atoms with Crippen LogP contribution in [0.1, 0.15) is 11.3 Å². The van der Waals surface area contributed by atoms with Crippen LogP contribution in [0.25, 0.3) is 22.8 Å². The van der Waals surface area contributed by atoms with Gasteiger partial charge in [0, 0.05) is 35.3 Å². The highest BCUT2D eigenvalue weighted by Gasteiger charge is 2.18. The Hall–Kier alpha value is -3.36. The maximum Gasteiger partial charge on any atom is 0.264 e. The Balaban J connectivity index is 1.67. The van der Waals surface area contributed by atoms with Crippen LogP contribution < -0.4 is 4.72 Å². The van der Waals surface area contributed by atoms with Crippen molar-refractivity contribution in [2.24, 2.45) is 7.05 Å². The highest BCUT2D eigenvalue weighted by molar-refractivity contribution is 7.90. The second-order valence-electron chi connectivity index (χ2n) is 6.95. The van der Waals surface area contributed by atoms with E-state index in [0.717, 1.165) is 16.7 Å². The van der Waals surface area contributed by atoms with Crippen molar-refractivity contribution in [3.8, 4) is 5.82 Å². The van der Waals surface area contributed by atoms with Gasteiger partial charge in [-0.05, 0) is 49.4 Å². The van der Waals surface area contributed by atoms with Crippen molar-refractivity contribution in [3.63, 3.8) is 0 Å². The maximum atomic E-state index is 12.4. The van der Waals surface area contributed by atoms with Gasteiger partial charge in [-0.1, -0.05) is 29.8 Å². The van der Waals surface area contributed by atoms with E-state index in [0.29, 0.717) is 16.3 Å². The Bertz CT molecular complexity index is 1420. The largest absolute Gasteiger partial charge is 0.301 e. The topological polar surface area (TPSA) is 86.0 Å². The lowest BCUT2D eigenvalue weighted by atomic mass is 10.2. The predicted octanol–water partition coefficient (Wildman–Crippen LogP) is 3.84. The molecule has 0 bridgehead atoms. The SMILES string of the molecule is Cc1nn(C)c(-n2ccc3cc(Cl)ccc32)c1/C=C/C(=O)NS(=O)(=O)c1ccccc1. The van der Waals surface area contributed by atoms with Crippen molar-refractivity contribution in [2.75, 3.05) is 0 Å². The zero-order valence-electron chi connectivity index (χ0n) is 16.8. The molecule has 0 aliphatic rings. The van der Waals surface area contributed by atoms with E-state index in [1.165, 1.54) is 18.2 Å². The molecule has 0 saturated carbocycles. The summed E-state index contributed by atoms with van der Waals surface area (Å²) in [5.41, 5.74) is 2.32. The van der Waals surface area contributed by atoms with E-state index in [4.69, 9.17) is 11.6 Å². The second kappa shape index (κ2) is 8.05. The summed E-state index contributed by atoms with van der Waals surface area (Å²) in [5, 5.41) is 6.07. The summed E-state index contributed by atoms with van der Waals surface area (Å²) in [7, 11) is -2.14. The molecule has 0 unspecified atom stereocenters. The van der Waals surface area contributed by atoms with Gasteiger partial charge >= 0.3 is 0 Å². The molecule has 7 nitrogen and oxygen atoms in total. The molecular formula is C22H19ClN4O3S. The molecule has 0 spiro atoms. The standard InChI is InChI=1S/C22H19ClN4O3S/c1-15-19(9-11-21(28)25-31(29,30)18-6-4-3-5-7-18)22(26(2)24-15)27-13-12-16-14-17(23)8-10-20(16)27/h3-14H,1-2H3,(H,25,28)/b11-9+. The van der Waals surface area contributed by atoms with Gasteiger partial charge in [-0.3, -0.25) is 9.48 Å². The van der Waals surface area contributed by atoms with Crippen molar-refractivity contribution < 1.29 is 13.2 Å². The van der Waals surface area contributed by atoms with Crippen LogP contribution in [-0.2, 0) is 21.9 Å². The monoisotopic (exact) mass is 454 g/mol. The van der Waals surface area contributed by atoms with Crippen molar-refractivity contribution in [3.05, 3.63) is 83.2 Å². The van der Waals surface area contributed by atoms with Crippen LogP contribution in [-0.4, -0.2) is 28.7 Å². The molecule has 158 valence electrons. The van der Waals surface area contributed by atoms with E-state index in [2.05, 4.69) is 9.82 Å². The fraction of sp³-hybridized carbons (Fsp3) is 0.0909. The van der Waals surface area contributed by atoms with Gasteiger partial charge in [-0.2, -0.15) is 5.10 Å². The predicted molar refractivity (Wildman–Crippen MR) is 121 cm³/mol. The van der Waals surface area contributed by atoms with Gasteiger partial charge in [-0.25, -0.2) is 13.1 Å². The molecule has 9 heteroatoms. The lowest BCUT2D eigenvalue weighted by Gasteiger charge is -2.08. The van der Waals surface area contributed by atoms with Crippen molar-refractivity contribution in [1.29, 1.82) is 0 Å². The number of aryl methyl sites for hydroxylation is 2. The number of sulfonamides is 1. The summed E-state index contributed by atoms with van der Waals surface area (Å²) in [6.45, 7) is 1.82. The Kier molecular flexibility index (Phi) is 5.43. The summed E-state index contributed by atoms with van der Waals surface area (Å²) in [6.07, 6.45) is 4.65. The van der Waals surface area contributed by atoms with Crippen LogP contribution in [0.4, 0.5) is 0 Å². The molecule has 0 radical (unpaired) electrons. The van der Waals surface area contributed by atoms with Gasteiger partial charge in [-0.15, -0.1) is 0 Å². The molecule has 0 atom stereocenters. The minimum absolute atomic E-state index is 0.0208. The third-order valence-corrected chi connectivity index (χ3v) is 6.41. The van der Waals surface area contributed by atoms with Crippen molar-refractivity contribution in [1.82, 2.24) is 19.1 Å². The third kappa shape index (κ3) is 4.12. The zero-order valence-corrected chi connectivity index (χ0v) is 18.4. The first-order chi connectivity index (χ1) is 14.8.